The quantitative estimate of drug-likeness (QED) is 0.766. The topological polar surface area (TPSA) is 77.1 Å². The molecular formula is C17H20N2O5S2. The van der Waals surface area contributed by atoms with Gasteiger partial charge in [-0.05, 0) is 26.0 Å². The zero-order chi connectivity index (χ0) is 18.8. The van der Waals surface area contributed by atoms with Gasteiger partial charge in [0.15, 0.2) is 0 Å². The molecule has 2 aliphatic rings. The van der Waals surface area contributed by atoms with Crippen molar-refractivity contribution in [3.63, 3.8) is 0 Å². The highest BCUT2D eigenvalue weighted by Gasteiger charge is 2.49. The van der Waals surface area contributed by atoms with Gasteiger partial charge in [-0.2, -0.15) is 0 Å². The van der Waals surface area contributed by atoms with E-state index in [-0.39, 0.29) is 17.3 Å². The third-order valence-corrected chi connectivity index (χ3v) is 6.32. The molecule has 26 heavy (non-hydrogen) atoms. The van der Waals surface area contributed by atoms with Gasteiger partial charge >= 0.3 is 6.09 Å². The zero-order valence-electron chi connectivity index (χ0n) is 14.8. The van der Waals surface area contributed by atoms with Crippen LogP contribution in [-0.4, -0.2) is 43.6 Å². The number of ether oxygens (including phenoxy) is 3. The molecule has 2 heterocycles. The number of hydrogen-bond acceptors (Lipinski definition) is 7. The maximum Gasteiger partial charge on any atom is 0.408 e. The van der Waals surface area contributed by atoms with E-state index in [0.29, 0.717) is 17.2 Å². The lowest BCUT2D eigenvalue weighted by Crippen LogP contribution is -2.45. The van der Waals surface area contributed by atoms with Gasteiger partial charge in [0.05, 0.1) is 31.3 Å². The fourth-order valence-electron chi connectivity index (χ4n) is 2.80. The first-order valence-corrected chi connectivity index (χ1v) is 10.3. The van der Waals surface area contributed by atoms with Gasteiger partial charge in [-0.15, -0.1) is 0 Å². The molecule has 1 aromatic carbocycles. The monoisotopic (exact) mass is 396 g/mol. The van der Waals surface area contributed by atoms with E-state index in [1.165, 1.54) is 21.6 Å². The van der Waals surface area contributed by atoms with Crippen LogP contribution in [0.5, 0.6) is 11.5 Å². The molecule has 0 spiro atoms. The van der Waals surface area contributed by atoms with Crippen molar-refractivity contribution >= 4 is 39.3 Å². The standard InChI is InChI=1S/C17H20N2O5S2/c1-9(2)24-17(21)18-14-15-12(8-25-26-15)19(16(14)20)11-6-5-10(22-3)7-13(11)23-4/h5-9,14-15H,1-4H3,(H,18,21). The summed E-state index contributed by atoms with van der Waals surface area (Å²) in [7, 11) is 6.17. The van der Waals surface area contributed by atoms with Crippen LogP contribution in [0.3, 0.4) is 0 Å². The molecule has 2 aliphatic heterocycles. The maximum atomic E-state index is 13.1. The summed E-state index contributed by atoms with van der Waals surface area (Å²) in [4.78, 5) is 26.7. The van der Waals surface area contributed by atoms with Crippen LogP contribution >= 0.6 is 21.6 Å². The molecule has 0 radical (unpaired) electrons. The Balaban J connectivity index is 1.91. The number of carbonyl (C=O) groups excluding carboxylic acids is 2. The summed E-state index contributed by atoms with van der Waals surface area (Å²) in [6.07, 6.45) is -0.858. The molecule has 1 N–H and O–H groups in total. The van der Waals surface area contributed by atoms with Gasteiger partial charge in [-0.1, -0.05) is 21.6 Å². The second-order valence-corrected chi connectivity index (χ2v) is 8.23. The minimum Gasteiger partial charge on any atom is -0.497 e. The third kappa shape index (κ3) is 3.45. The number of fused-ring (bicyclic) bond motifs is 1. The summed E-state index contributed by atoms with van der Waals surface area (Å²) in [6, 6.07) is 4.57. The van der Waals surface area contributed by atoms with Crippen LogP contribution in [0.15, 0.2) is 29.3 Å². The lowest BCUT2D eigenvalue weighted by Gasteiger charge is -2.21. The SMILES string of the molecule is COc1ccc(N2C(=O)C(NC(=O)OC(C)C)C3SSC=C32)c(OC)c1. The van der Waals surface area contributed by atoms with Crippen molar-refractivity contribution < 1.29 is 23.8 Å². The van der Waals surface area contributed by atoms with Crippen LogP contribution in [0, 0.1) is 0 Å². The van der Waals surface area contributed by atoms with Crippen molar-refractivity contribution in [2.24, 2.45) is 0 Å². The number of carbonyl (C=O) groups is 2. The van der Waals surface area contributed by atoms with Crippen molar-refractivity contribution in [3.8, 4) is 11.5 Å². The van der Waals surface area contributed by atoms with Crippen molar-refractivity contribution in [2.75, 3.05) is 19.1 Å². The molecule has 7 nitrogen and oxygen atoms in total. The summed E-state index contributed by atoms with van der Waals surface area (Å²) >= 11 is 0. The van der Waals surface area contributed by atoms with Crippen LogP contribution in [0.25, 0.3) is 0 Å². The largest absolute Gasteiger partial charge is 0.497 e. The number of benzene rings is 1. The number of hydrogen-bond donors (Lipinski definition) is 1. The summed E-state index contributed by atoms with van der Waals surface area (Å²) in [5, 5.41) is 4.44. The number of amides is 2. The Kier molecular flexibility index (Phi) is 5.57. The third-order valence-electron chi connectivity index (χ3n) is 3.91. The van der Waals surface area contributed by atoms with E-state index in [1.54, 1.807) is 51.2 Å². The van der Waals surface area contributed by atoms with Crippen molar-refractivity contribution in [1.29, 1.82) is 0 Å². The van der Waals surface area contributed by atoms with Crippen molar-refractivity contribution in [3.05, 3.63) is 29.3 Å². The minimum absolute atomic E-state index is 0.181. The van der Waals surface area contributed by atoms with E-state index in [1.807, 2.05) is 5.41 Å². The fourth-order valence-corrected chi connectivity index (χ4v) is 5.43. The molecule has 2 atom stereocenters. The fraction of sp³-hybridized carbons (Fsp3) is 0.412. The normalized spacial score (nSPS) is 21.5. The second-order valence-electron chi connectivity index (χ2n) is 5.94. The summed E-state index contributed by atoms with van der Waals surface area (Å²) in [5.74, 6) is 0.927. The van der Waals surface area contributed by atoms with Gasteiger partial charge in [0.1, 0.15) is 17.5 Å². The van der Waals surface area contributed by atoms with Gasteiger partial charge in [-0.25, -0.2) is 4.79 Å². The zero-order valence-corrected chi connectivity index (χ0v) is 16.5. The van der Waals surface area contributed by atoms with Crippen LogP contribution in [0.4, 0.5) is 10.5 Å². The van der Waals surface area contributed by atoms with Crippen LogP contribution in [0.2, 0.25) is 0 Å². The molecule has 0 saturated carbocycles. The van der Waals surface area contributed by atoms with E-state index in [4.69, 9.17) is 14.2 Å². The van der Waals surface area contributed by atoms with E-state index in [9.17, 15) is 9.59 Å². The lowest BCUT2D eigenvalue weighted by atomic mass is 10.2. The summed E-state index contributed by atoms with van der Waals surface area (Å²) in [5.41, 5.74) is 1.43. The molecule has 9 heteroatoms. The Labute approximate surface area is 159 Å². The first-order valence-electron chi connectivity index (χ1n) is 8.01. The molecule has 2 unspecified atom stereocenters. The average molecular weight is 396 g/mol. The predicted molar refractivity (Wildman–Crippen MR) is 103 cm³/mol. The average Bonchev–Trinajstić information content (AvgIpc) is 3.16. The lowest BCUT2D eigenvalue weighted by molar-refractivity contribution is -0.118. The van der Waals surface area contributed by atoms with Gasteiger partial charge in [0.2, 0.25) is 0 Å². The number of rotatable bonds is 5. The van der Waals surface area contributed by atoms with E-state index >= 15 is 0 Å². The van der Waals surface area contributed by atoms with Crippen LogP contribution in [0.1, 0.15) is 13.8 Å². The molecule has 1 saturated heterocycles. The summed E-state index contributed by atoms with van der Waals surface area (Å²) in [6.45, 7) is 3.52. The van der Waals surface area contributed by atoms with Gasteiger partial charge in [0.25, 0.3) is 5.91 Å². The molecule has 3 rings (SSSR count). The summed E-state index contributed by atoms with van der Waals surface area (Å²) < 4.78 is 15.8. The number of nitrogens with one attached hydrogen (secondary N) is 1. The number of anilines is 1. The van der Waals surface area contributed by atoms with E-state index < -0.39 is 12.1 Å². The number of alkyl carbamates (subject to hydrolysis) is 1. The Hall–Kier alpha value is -2.00. The Morgan fingerprint density at radius 2 is 2.04 bits per heavy atom. The highest BCUT2D eigenvalue weighted by molar-refractivity contribution is 8.78. The molecule has 1 aromatic rings. The number of nitrogens with zero attached hydrogens (tertiary/aromatic N) is 1. The van der Waals surface area contributed by atoms with Gasteiger partial charge in [-0.3, -0.25) is 9.69 Å². The van der Waals surface area contributed by atoms with Crippen molar-refractivity contribution in [2.45, 2.75) is 31.2 Å². The molecule has 1 fully saturated rings. The minimum atomic E-state index is -0.695. The molecule has 0 aromatic heterocycles. The van der Waals surface area contributed by atoms with Crippen LogP contribution in [-0.2, 0) is 9.53 Å². The van der Waals surface area contributed by atoms with Gasteiger partial charge in [0, 0.05) is 17.2 Å². The van der Waals surface area contributed by atoms with Gasteiger partial charge < -0.3 is 19.5 Å². The highest BCUT2D eigenvalue weighted by Crippen LogP contribution is 2.50. The highest BCUT2D eigenvalue weighted by atomic mass is 33.1. The molecule has 140 valence electrons. The molecule has 0 bridgehead atoms. The molecule has 2 amide bonds. The Bertz CT molecular complexity index is 753. The van der Waals surface area contributed by atoms with Crippen molar-refractivity contribution in [1.82, 2.24) is 5.32 Å². The first kappa shape index (κ1) is 18.8. The van der Waals surface area contributed by atoms with E-state index in [2.05, 4.69) is 5.32 Å². The maximum absolute atomic E-state index is 13.1. The molecular weight excluding hydrogens is 376 g/mol. The van der Waals surface area contributed by atoms with Crippen LogP contribution < -0.4 is 19.7 Å². The first-order chi connectivity index (χ1) is 12.5. The second kappa shape index (κ2) is 7.71. The Morgan fingerprint density at radius 3 is 2.69 bits per heavy atom. The van der Waals surface area contributed by atoms with E-state index in [0.717, 1.165) is 5.70 Å². The number of methoxy groups -OCH3 is 2. The predicted octanol–water partition coefficient (Wildman–Crippen LogP) is 3.16. The smallest absolute Gasteiger partial charge is 0.408 e. The molecule has 0 aliphatic carbocycles. The Morgan fingerprint density at radius 1 is 1.27 bits per heavy atom.